The van der Waals surface area contributed by atoms with Crippen LogP contribution in [0.15, 0.2) is 85.3 Å². The van der Waals surface area contributed by atoms with E-state index >= 15 is 0 Å². The van der Waals surface area contributed by atoms with E-state index in [1.807, 2.05) is 13.8 Å². The third kappa shape index (κ3) is 17.7. The Morgan fingerprint density at radius 2 is 1.40 bits per heavy atom. The lowest BCUT2D eigenvalue weighted by Gasteiger charge is -2.21. The summed E-state index contributed by atoms with van der Waals surface area (Å²) in [6.45, 7) is 6.52. The Labute approximate surface area is 241 Å². The molecule has 3 amide bonds. The van der Waals surface area contributed by atoms with Crippen LogP contribution in [0.1, 0.15) is 82.5 Å². The number of pyridine rings is 1. The molecule has 3 N–H and O–H groups in total. The Balaban J connectivity index is 2.10. The van der Waals surface area contributed by atoms with Crippen LogP contribution >= 0.6 is 0 Å². The summed E-state index contributed by atoms with van der Waals surface area (Å²) in [6, 6.07) is 2.65. The predicted octanol–water partition coefficient (Wildman–Crippen LogP) is 5.99. The minimum absolute atomic E-state index is 0.0353. The highest BCUT2D eigenvalue weighted by molar-refractivity contribution is 5.97. The molecule has 0 bridgehead atoms. The van der Waals surface area contributed by atoms with Gasteiger partial charge in [-0.2, -0.15) is 0 Å². The first-order valence-corrected chi connectivity index (χ1v) is 14.5. The van der Waals surface area contributed by atoms with Crippen LogP contribution in [0, 0.1) is 5.92 Å². The number of carbonyl (C=O) groups is 3. The molecule has 0 spiro atoms. The number of unbranched alkanes of at least 4 members (excludes halogenated alkanes) is 1. The Hall–Kier alpha value is -3.74. The lowest BCUT2D eigenvalue weighted by Crippen LogP contribution is -2.50. The van der Waals surface area contributed by atoms with Gasteiger partial charge >= 0.3 is 0 Å². The van der Waals surface area contributed by atoms with Crippen molar-refractivity contribution in [2.24, 2.45) is 5.92 Å². The van der Waals surface area contributed by atoms with Crippen LogP contribution in [0.25, 0.3) is 0 Å². The second-order valence-corrected chi connectivity index (χ2v) is 9.68. The van der Waals surface area contributed by atoms with Gasteiger partial charge in [0.05, 0.1) is 5.56 Å². The zero-order valence-electron chi connectivity index (χ0n) is 24.5. The fourth-order valence-corrected chi connectivity index (χ4v) is 3.59. The van der Waals surface area contributed by atoms with Crippen molar-refractivity contribution in [3.8, 4) is 0 Å². The van der Waals surface area contributed by atoms with E-state index in [-0.39, 0.29) is 23.6 Å². The molecule has 7 nitrogen and oxygen atoms in total. The first kappa shape index (κ1) is 34.3. The first-order chi connectivity index (χ1) is 19.5. The van der Waals surface area contributed by atoms with Crippen molar-refractivity contribution >= 4 is 17.7 Å². The minimum atomic E-state index is -0.674. The molecule has 1 unspecified atom stereocenters. The van der Waals surface area contributed by atoms with Gasteiger partial charge < -0.3 is 16.0 Å². The Morgan fingerprint density at radius 3 is 1.95 bits per heavy atom. The molecule has 0 saturated carbocycles. The normalized spacial score (nSPS) is 12.8. The van der Waals surface area contributed by atoms with Gasteiger partial charge in [0.1, 0.15) is 6.04 Å². The van der Waals surface area contributed by atoms with Gasteiger partial charge in [0, 0.05) is 31.9 Å². The molecule has 7 heteroatoms. The second-order valence-electron chi connectivity index (χ2n) is 9.68. The minimum Gasteiger partial charge on any atom is -0.354 e. The highest BCUT2D eigenvalue weighted by Crippen LogP contribution is 2.05. The Bertz CT molecular complexity index is 994. The third-order valence-corrected chi connectivity index (χ3v) is 5.84. The summed E-state index contributed by atoms with van der Waals surface area (Å²) in [5.74, 6) is -0.749. The summed E-state index contributed by atoms with van der Waals surface area (Å²) < 4.78 is 0. The molecular weight excluding hydrogens is 500 g/mol. The molecule has 1 atom stereocenters. The van der Waals surface area contributed by atoms with E-state index in [4.69, 9.17) is 0 Å². The van der Waals surface area contributed by atoms with Crippen molar-refractivity contribution in [3.63, 3.8) is 0 Å². The fourth-order valence-electron chi connectivity index (χ4n) is 3.59. The number of rotatable bonds is 20. The summed E-state index contributed by atoms with van der Waals surface area (Å²) >= 11 is 0. The Kier molecular flexibility index (Phi) is 19.9. The summed E-state index contributed by atoms with van der Waals surface area (Å²) in [7, 11) is 0. The van der Waals surface area contributed by atoms with Crippen molar-refractivity contribution < 1.29 is 14.4 Å². The number of amides is 3. The van der Waals surface area contributed by atoms with E-state index in [0.717, 1.165) is 44.9 Å². The van der Waals surface area contributed by atoms with Gasteiger partial charge in [-0.15, -0.1) is 0 Å². The third-order valence-electron chi connectivity index (χ3n) is 5.84. The molecule has 0 aliphatic heterocycles. The maximum atomic E-state index is 12.6. The molecule has 0 aliphatic carbocycles. The molecule has 0 radical (unpaired) electrons. The lowest BCUT2D eigenvalue weighted by molar-refractivity contribution is -0.124. The fraction of sp³-hybridized carbons (Fsp3) is 0.455. The van der Waals surface area contributed by atoms with Crippen LogP contribution in [-0.4, -0.2) is 41.8 Å². The molecule has 0 aromatic carbocycles. The smallest absolute Gasteiger partial charge is 0.253 e. The molecule has 0 fully saturated rings. The molecule has 1 rings (SSSR count). The summed E-state index contributed by atoms with van der Waals surface area (Å²) in [4.78, 5) is 40.9. The van der Waals surface area contributed by atoms with Gasteiger partial charge in [0.25, 0.3) is 5.91 Å². The van der Waals surface area contributed by atoms with Crippen molar-refractivity contribution in [2.45, 2.75) is 78.2 Å². The van der Waals surface area contributed by atoms with E-state index < -0.39 is 6.04 Å². The Morgan fingerprint density at radius 1 is 0.825 bits per heavy atom. The quantitative estimate of drug-likeness (QED) is 0.138. The van der Waals surface area contributed by atoms with Crippen molar-refractivity contribution in [1.82, 2.24) is 20.9 Å². The highest BCUT2D eigenvalue weighted by Gasteiger charge is 2.24. The standard InChI is InChI=1S/C33H48N4O3/c1-4-5-6-7-8-9-10-11-12-13-14-15-16-17-18-19-20-23-30(38)35-25-26-36-33(40)31(28(2)3)37-32(39)29-22-21-24-34-27-29/h5-6,8-9,11-12,14-15,17-18,21-22,24,27-28,31H,4,7,10,13,16,19-20,23,25-26H2,1-3H3,(H,35,38)(H,36,40)(H,37,39). The van der Waals surface area contributed by atoms with E-state index in [1.54, 1.807) is 18.3 Å². The van der Waals surface area contributed by atoms with Crippen molar-refractivity contribution in [3.05, 3.63) is 90.9 Å². The number of carbonyl (C=O) groups excluding carboxylic acids is 3. The summed E-state index contributed by atoms with van der Waals surface area (Å²) in [6.07, 6.45) is 31.7. The molecule has 218 valence electrons. The van der Waals surface area contributed by atoms with Crippen LogP contribution in [0.2, 0.25) is 0 Å². The van der Waals surface area contributed by atoms with Gasteiger partial charge in [0.2, 0.25) is 11.8 Å². The topological polar surface area (TPSA) is 100 Å². The van der Waals surface area contributed by atoms with E-state index in [9.17, 15) is 14.4 Å². The zero-order valence-corrected chi connectivity index (χ0v) is 24.5. The van der Waals surface area contributed by atoms with Gasteiger partial charge in [-0.1, -0.05) is 81.5 Å². The predicted molar refractivity (Wildman–Crippen MR) is 165 cm³/mol. The molecule has 40 heavy (non-hydrogen) atoms. The maximum absolute atomic E-state index is 12.6. The van der Waals surface area contributed by atoms with Crippen LogP contribution in [0.3, 0.4) is 0 Å². The van der Waals surface area contributed by atoms with Crippen LogP contribution in [0.4, 0.5) is 0 Å². The SMILES string of the molecule is CCC=CCC=CCC=CCC=CCC=CCCCC(=O)NCCNC(=O)C(NC(=O)c1cccnc1)C(C)C. The van der Waals surface area contributed by atoms with E-state index in [2.05, 4.69) is 88.6 Å². The average molecular weight is 549 g/mol. The summed E-state index contributed by atoms with van der Waals surface area (Å²) in [5, 5.41) is 8.38. The number of nitrogens with one attached hydrogen (secondary N) is 3. The number of allylic oxidation sites excluding steroid dienone is 10. The second kappa shape index (κ2) is 23.2. The van der Waals surface area contributed by atoms with Crippen LogP contribution in [-0.2, 0) is 9.59 Å². The average Bonchev–Trinajstić information content (AvgIpc) is 2.95. The van der Waals surface area contributed by atoms with Gasteiger partial charge in [-0.05, 0) is 63.0 Å². The van der Waals surface area contributed by atoms with Crippen LogP contribution < -0.4 is 16.0 Å². The van der Waals surface area contributed by atoms with Crippen LogP contribution in [0.5, 0.6) is 0 Å². The molecule has 0 saturated heterocycles. The monoisotopic (exact) mass is 548 g/mol. The van der Waals surface area contributed by atoms with Gasteiger partial charge in [-0.3, -0.25) is 19.4 Å². The molecule has 1 aromatic heterocycles. The molecular formula is C33H48N4O3. The molecule has 0 aliphatic rings. The van der Waals surface area contributed by atoms with Crippen molar-refractivity contribution in [2.75, 3.05) is 13.1 Å². The van der Waals surface area contributed by atoms with E-state index in [0.29, 0.717) is 25.1 Å². The number of aromatic nitrogens is 1. The molecule has 1 aromatic rings. The number of hydrogen-bond donors (Lipinski definition) is 3. The zero-order chi connectivity index (χ0) is 29.3. The molecule has 1 heterocycles. The number of nitrogens with zero attached hydrogens (tertiary/aromatic N) is 1. The number of hydrogen-bond acceptors (Lipinski definition) is 4. The van der Waals surface area contributed by atoms with Gasteiger partial charge in [-0.25, -0.2) is 0 Å². The highest BCUT2D eigenvalue weighted by atomic mass is 16.2. The maximum Gasteiger partial charge on any atom is 0.253 e. The first-order valence-electron chi connectivity index (χ1n) is 14.5. The van der Waals surface area contributed by atoms with Crippen molar-refractivity contribution in [1.29, 1.82) is 0 Å². The van der Waals surface area contributed by atoms with Gasteiger partial charge in [0.15, 0.2) is 0 Å². The largest absolute Gasteiger partial charge is 0.354 e. The van der Waals surface area contributed by atoms with E-state index in [1.165, 1.54) is 6.20 Å². The lowest BCUT2D eigenvalue weighted by atomic mass is 10.0. The summed E-state index contributed by atoms with van der Waals surface area (Å²) in [5.41, 5.74) is 0.401.